The molecule has 1 aromatic carbocycles. The van der Waals surface area contributed by atoms with Crippen LogP contribution in [0.4, 0.5) is 0 Å². The summed E-state index contributed by atoms with van der Waals surface area (Å²) >= 11 is 0. The van der Waals surface area contributed by atoms with E-state index < -0.39 is 12.0 Å². The van der Waals surface area contributed by atoms with Crippen LogP contribution >= 0.6 is 0 Å². The Morgan fingerprint density at radius 2 is 2.09 bits per heavy atom. The quantitative estimate of drug-likeness (QED) is 0.842. The molecule has 23 heavy (non-hydrogen) atoms. The summed E-state index contributed by atoms with van der Waals surface area (Å²) in [4.78, 5) is 10.9. The molecule has 0 heterocycles. The third-order valence-electron chi connectivity index (χ3n) is 5.26. The maximum absolute atomic E-state index is 10.9. The van der Waals surface area contributed by atoms with E-state index in [0.717, 1.165) is 17.9 Å². The van der Waals surface area contributed by atoms with Crippen LogP contribution in [0.2, 0.25) is 0 Å². The Morgan fingerprint density at radius 1 is 1.30 bits per heavy atom. The molecule has 0 aliphatic heterocycles. The number of methoxy groups -OCH3 is 1. The second-order valence-electron chi connectivity index (χ2n) is 6.79. The molecule has 2 aliphatic carbocycles. The minimum Gasteiger partial charge on any atom is -0.493 e. The van der Waals surface area contributed by atoms with E-state index in [2.05, 4.69) is 0 Å². The van der Waals surface area contributed by atoms with Gasteiger partial charge < -0.3 is 20.3 Å². The molecule has 0 spiro atoms. The SMILES string of the molecule is COc1ccc(C(N)CC(=O)O)cc1OC1CCC2CCC1C2. The molecular formula is C18H25NO4. The van der Waals surface area contributed by atoms with Gasteiger partial charge in [-0.15, -0.1) is 0 Å². The number of carbonyl (C=O) groups is 1. The summed E-state index contributed by atoms with van der Waals surface area (Å²) in [6.45, 7) is 0. The van der Waals surface area contributed by atoms with Crippen LogP contribution in [0.15, 0.2) is 18.2 Å². The molecule has 2 fully saturated rings. The van der Waals surface area contributed by atoms with E-state index in [9.17, 15) is 4.79 Å². The molecule has 4 atom stereocenters. The van der Waals surface area contributed by atoms with Gasteiger partial charge in [-0.05, 0) is 55.2 Å². The molecule has 3 N–H and O–H groups in total. The zero-order valence-electron chi connectivity index (χ0n) is 13.5. The van der Waals surface area contributed by atoms with Crippen LogP contribution in [0, 0.1) is 11.8 Å². The molecule has 0 saturated heterocycles. The summed E-state index contributed by atoms with van der Waals surface area (Å²) in [6, 6.07) is 4.93. The molecule has 0 aromatic heterocycles. The average molecular weight is 319 g/mol. The number of hydrogen-bond donors (Lipinski definition) is 2. The highest BCUT2D eigenvalue weighted by Gasteiger charge is 2.37. The van der Waals surface area contributed by atoms with Gasteiger partial charge in [-0.3, -0.25) is 4.79 Å². The Bertz CT molecular complexity index is 574. The third kappa shape index (κ3) is 3.61. The van der Waals surface area contributed by atoms with Crippen molar-refractivity contribution in [2.45, 2.75) is 50.7 Å². The monoisotopic (exact) mass is 319 g/mol. The highest BCUT2D eigenvalue weighted by Crippen LogP contribution is 2.44. The Morgan fingerprint density at radius 3 is 2.83 bits per heavy atom. The maximum Gasteiger partial charge on any atom is 0.305 e. The van der Waals surface area contributed by atoms with Crippen LogP contribution in [-0.2, 0) is 4.79 Å². The van der Waals surface area contributed by atoms with Crippen LogP contribution in [0.5, 0.6) is 11.5 Å². The number of carboxylic acids is 1. The average Bonchev–Trinajstić information content (AvgIpc) is 2.92. The molecule has 2 aliphatic rings. The number of ether oxygens (including phenoxy) is 2. The summed E-state index contributed by atoms with van der Waals surface area (Å²) in [5.74, 6) is 1.98. The first kappa shape index (κ1) is 16.1. The number of rotatable bonds is 6. The van der Waals surface area contributed by atoms with Crippen molar-refractivity contribution >= 4 is 5.97 Å². The van der Waals surface area contributed by atoms with Crippen LogP contribution in [0.1, 0.15) is 50.1 Å². The summed E-state index contributed by atoms with van der Waals surface area (Å²) in [5.41, 5.74) is 6.74. The molecule has 126 valence electrons. The van der Waals surface area contributed by atoms with E-state index >= 15 is 0 Å². The molecule has 5 nitrogen and oxygen atoms in total. The summed E-state index contributed by atoms with van der Waals surface area (Å²) in [6.07, 6.45) is 6.30. The largest absolute Gasteiger partial charge is 0.493 e. The van der Waals surface area contributed by atoms with Gasteiger partial charge in [-0.1, -0.05) is 12.5 Å². The van der Waals surface area contributed by atoms with E-state index in [4.69, 9.17) is 20.3 Å². The minimum absolute atomic E-state index is 0.0977. The van der Waals surface area contributed by atoms with Crippen molar-refractivity contribution in [3.05, 3.63) is 23.8 Å². The Hall–Kier alpha value is -1.75. The summed E-state index contributed by atoms with van der Waals surface area (Å²) in [7, 11) is 1.62. The Kier molecular flexibility index (Phi) is 4.76. The molecule has 3 rings (SSSR count). The number of benzene rings is 1. The van der Waals surface area contributed by atoms with Crippen LogP contribution < -0.4 is 15.2 Å². The number of aliphatic carboxylic acids is 1. The van der Waals surface area contributed by atoms with Gasteiger partial charge in [0.15, 0.2) is 11.5 Å². The lowest BCUT2D eigenvalue weighted by molar-refractivity contribution is -0.137. The first-order chi connectivity index (χ1) is 11.1. The zero-order valence-corrected chi connectivity index (χ0v) is 13.5. The first-order valence-corrected chi connectivity index (χ1v) is 8.38. The van der Waals surface area contributed by atoms with Gasteiger partial charge in [0.2, 0.25) is 0 Å². The van der Waals surface area contributed by atoms with Crippen LogP contribution in [0.3, 0.4) is 0 Å². The van der Waals surface area contributed by atoms with Crippen molar-refractivity contribution in [3.8, 4) is 11.5 Å². The fourth-order valence-corrected chi connectivity index (χ4v) is 3.99. The van der Waals surface area contributed by atoms with Gasteiger partial charge >= 0.3 is 5.97 Å². The van der Waals surface area contributed by atoms with Gasteiger partial charge in [-0.25, -0.2) is 0 Å². The number of hydrogen-bond acceptors (Lipinski definition) is 4. The van der Waals surface area contributed by atoms with Crippen molar-refractivity contribution in [2.24, 2.45) is 17.6 Å². The van der Waals surface area contributed by atoms with Gasteiger partial charge in [0, 0.05) is 6.04 Å². The van der Waals surface area contributed by atoms with E-state index in [-0.39, 0.29) is 12.5 Å². The van der Waals surface area contributed by atoms with Crippen LogP contribution in [0.25, 0.3) is 0 Å². The summed E-state index contributed by atoms with van der Waals surface area (Å²) < 4.78 is 11.7. The molecule has 0 amide bonds. The molecule has 1 aromatic rings. The molecule has 4 unspecified atom stereocenters. The van der Waals surface area contributed by atoms with Crippen molar-refractivity contribution in [2.75, 3.05) is 7.11 Å². The number of fused-ring (bicyclic) bond motifs is 2. The first-order valence-electron chi connectivity index (χ1n) is 8.38. The molecule has 0 radical (unpaired) electrons. The minimum atomic E-state index is -0.903. The zero-order chi connectivity index (χ0) is 16.4. The van der Waals surface area contributed by atoms with Gasteiger partial charge in [0.25, 0.3) is 0 Å². The fraction of sp³-hybridized carbons (Fsp3) is 0.611. The van der Waals surface area contributed by atoms with Gasteiger partial charge in [0.1, 0.15) is 6.10 Å². The van der Waals surface area contributed by atoms with E-state index in [1.807, 2.05) is 18.2 Å². The Balaban J connectivity index is 1.77. The highest BCUT2D eigenvalue weighted by atomic mass is 16.5. The predicted molar refractivity (Wildman–Crippen MR) is 86.7 cm³/mol. The summed E-state index contributed by atoms with van der Waals surface area (Å²) in [5, 5.41) is 8.91. The second kappa shape index (κ2) is 6.79. The Labute approximate surface area is 136 Å². The maximum atomic E-state index is 10.9. The van der Waals surface area contributed by atoms with Crippen molar-refractivity contribution in [1.82, 2.24) is 0 Å². The highest BCUT2D eigenvalue weighted by molar-refractivity contribution is 5.68. The number of nitrogens with two attached hydrogens (primary N) is 1. The van der Waals surface area contributed by atoms with E-state index in [1.165, 1.54) is 25.7 Å². The molecule has 2 bridgehead atoms. The lowest BCUT2D eigenvalue weighted by Crippen LogP contribution is -2.29. The van der Waals surface area contributed by atoms with Crippen molar-refractivity contribution in [1.29, 1.82) is 0 Å². The second-order valence-corrected chi connectivity index (χ2v) is 6.79. The number of carboxylic acid groups (broad SMARTS) is 1. The molecule has 5 heteroatoms. The topological polar surface area (TPSA) is 81.8 Å². The lowest BCUT2D eigenvalue weighted by atomic mass is 9.87. The van der Waals surface area contributed by atoms with E-state index in [0.29, 0.717) is 17.4 Å². The molecular weight excluding hydrogens is 294 g/mol. The van der Waals surface area contributed by atoms with Crippen LogP contribution in [-0.4, -0.2) is 24.3 Å². The van der Waals surface area contributed by atoms with E-state index in [1.54, 1.807) is 7.11 Å². The fourth-order valence-electron chi connectivity index (χ4n) is 3.99. The van der Waals surface area contributed by atoms with Crippen molar-refractivity contribution in [3.63, 3.8) is 0 Å². The lowest BCUT2D eigenvalue weighted by Gasteiger charge is -2.30. The smallest absolute Gasteiger partial charge is 0.305 e. The van der Waals surface area contributed by atoms with Gasteiger partial charge in [-0.2, -0.15) is 0 Å². The standard InChI is InChI=1S/C18H25NO4/c1-22-16-7-5-12(14(19)10-18(20)21)9-17(16)23-15-6-3-11-2-4-13(15)8-11/h5,7,9,11,13-15H,2-4,6,8,10,19H2,1H3,(H,20,21). The molecule has 2 saturated carbocycles. The van der Waals surface area contributed by atoms with Gasteiger partial charge in [0.05, 0.1) is 13.5 Å². The third-order valence-corrected chi connectivity index (χ3v) is 5.26. The predicted octanol–water partition coefficient (Wildman–Crippen LogP) is 3.13. The normalized spacial score (nSPS) is 27.5. The van der Waals surface area contributed by atoms with Crippen molar-refractivity contribution < 1.29 is 19.4 Å².